The molecule has 0 spiro atoms. The van der Waals surface area contributed by atoms with E-state index in [1.54, 1.807) is 0 Å². The summed E-state index contributed by atoms with van der Waals surface area (Å²) in [5.74, 6) is -1.16. The van der Waals surface area contributed by atoms with Crippen LogP contribution in [0.2, 0.25) is 0 Å². The summed E-state index contributed by atoms with van der Waals surface area (Å²) in [7, 11) is 1.48. The highest BCUT2D eigenvalue weighted by Gasteiger charge is 2.45. The third-order valence-corrected chi connectivity index (χ3v) is 3.73. The summed E-state index contributed by atoms with van der Waals surface area (Å²) in [6.45, 7) is -0.0854. The quantitative estimate of drug-likeness (QED) is 0.894. The smallest absolute Gasteiger partial charge is 0.306 e. The second-order valence-corrected chi connectivity index (χ2v) is 5.13. The largest absolute Gasteiger partial charge is 0.481 e. The minimum absolute atomic E-state index is 0.0619. The number of nitrogens with one attached hydrogen (secondary N) is 1. The number of aliphatic carboxylic acids is 1. The van der Waals surface area contributed by atoms with Crippen LogP contribution in [0.15, 0.2) is 24.3 Å². The van der Waals surface area contributed by atoms with E-state index in [0.29, 0.717) is 11.3 Å². The molecule has 0 radical (unpaired) electrons. The van der Waals surface area contributed by atoms with Crippen LogP contribution >= 0.6 is 0 Å². The number of ketones is 1. The summed E-state index contributed by atoms with van der Waals surface area (Å²) in [6.07, 6.45) is -0.270. The van der Waals surface area contributed by atoms with Gasteiger partial charge in [-0.2, -0.15) is 0 Å². The van der Waals surface area contributed by atoms with Crippen LogP contribution in [0.3, 0.4) is 0 Å². The van der Waals surface area contributed by atoms with Crippen LogP contribution < -0.4 is 0 Å². The summed E-state index contributed by atoms with van der Waals surface area (Å²) in [5, 5.41) is 9.97. The van der Waals surface area contributed by atoms with Crippen LogP contribution in [0.1, 0.15) is 22.5 Å². The number of aromatic nitrogens is 1. The van der Waals surface area contributed by atoms with Crippen molar-refractivity contribution >= 4 is 22.7 Å². The fourth-order valence-corrected chi connectivity index (χ4v) is 2.90. The highest BCUT2D eigenvalue weighted by Crippen LogP contribution is 2.39. The lowest BCUT2D eigenvalue weighted by atomic mass is 9.88. The number of para-hydroxylation sites is 1. The van der Waals surface area contributed by atoms with Crippen LogP contribution in [0.5, 0.6) is 0 Å². The van der Waals surface area contributed by atoms with Gasteiger partial charge in [-0.25, -0.2) is 0 Å². The van der Waals surface area contributed by atoms with E-state index in [1.165, 1.54) is 7.11 Å². The lowest BCUT2D eigenvalue weighted by Crippen LogP contribution is -2.43. The number of fused-ring (bicyclic) bond motifs is 3. The highest BCUT2D eigenvalue weighted by atomic mass is 16.5. The van der Waals surface area contributed by atoms with Gasteiger partial charge in [0.25, 0.3) is 0 Å². The Morgan fingerprint density at radius 3 is 2.95 bits per heavy atom. The Hall–Kier alpha value is -2.18. The molecule has 3 rings (SSSR count). The zero-order chi connectivity index (χ0) is 15.0. The van der Waals surface area contributed by atoms with Crippen LogP contribution in [-0.4, -0.2) is 42.2 Å². The number of hydrogen-bond donors (Lipinski definition) is 2. The molecule has 21 heavy (non-hydrogen) atoms. The van der Waals surface area contributed by atoms with Crippen molar-refractivity contribution in [1.82, 2.24) is 4.98 Å². The average Bonchev–Trinajstić information content (AvgIpc) is 2.84. The van der Waals surface area contributed by atoms with Crippen molar-refractivity contribution in [3.63, 3.8) is 0 Å². The molecule has 0 aliphatic carbocycles. The van der Waals surface area contributed by atoms with Gasteiger partial charge in [-0.05, 0) is 6.07 Å². The molecule has 2 N–H and O–H groups in total. The number of ether oxygens (including phenoxy) is 2. The zero-order valence-electron chi connectivity index (χ0n) is 11.5. The Kier molecular flexibility index (Phi) is 3.27. The Balaban J connectivity index is 2.25. The number of rotatable bonds is 4. The first kappa shape index (κ1) is 13.8. The van der Waals surface area contributed by atoms with Gasteiger partial charge in [-0.15, -0.1) is 0 Å². The van der Waals surface area contributed by atoms with Gasteiger partial charge in [0, 0.05) is 18.0 Å². The molecule has 6 nitrogen and oxygen atoms in total. The minimum Gasteiger partial charge on any atom is -0.481 e. The van der Waals surface area contributed by atoms with Crippen molar-refractivity contribution in [1.29, 1.82) is 0 Å². The molecule has 1 aromatic carbocycles. The van der Waals surface area contributed by atoms with E-state index in [0.717, 1.165) is 10.9 Å². The number of carboxylic acid groups (broad SMARTS) is 1. The third-order valence-electron chi connectivity index (χ3n) is 3.73. The fraction of sp³-hybridized carbons (Fsp3) is 0.333. The number of benzene rings is 1. The normalized spacial score (nSPS) is 21.5. The molecule has 1 aliphatic rings. The number of H-pyrrole nitrogens is 1. The van der Waals surface area contributed by atoms with E-state index >= 15 is 0 Å². The molecule has 2 heterocycles. The Labute approximate surface area is 120 Å². The van der Waals surface area contributed by atoms with Gasteiger partial charge in [-0.3, -0.25) is 9.59 Å². The molecule has 0 fully saturated rings. The van der Waals surface area contributed by atoms with Crippen LogP contribution in [0.4, 0.5) is 0 Å². The molecule has 110 valence electrons. The van der Waals surface area contributed by atoms with Crippen molar-refractivity contribution in [3.8, 4) is 0 Å². The minimum atomic E-state index is -1.16. The maximum absolute atomic E-state index is 12.2. The predicted molar refractivity (Wildman–Crippen MR) is 74.4 cm³/mol. The van der Waals surface area contributed by atoms with Gasteiger partial charge < -0.3 is 19.6 Å². The van der Waals surface area contributed by atoms with Crippen molar-refractivity contribution in [2.24, 2.45) is 0 Å². The predicted octanol–water partition coefficient (Wildman–Crippen LogP) is 1.70. The van der Waals surface area contributed by atoms with Crippen LogP contribution in [0.25, 0.3) is 10.9 Å². The second-order valence-electron chi connectivity index (χ2n) is 5.13. The van der Waals surface area contributed by atoms with E-state index in [2.05, 4.69) is 4.98 Å². The van der Waals surface area contributed by atoms with E-state index in [-0.39, 0.29) is 25.4 Å². The molecule has 0 saturated carbocycles. The molecule has 1 aliphatic heterocycles. The van der Waals surface area contributed by atoms with Crippen molar-refractivity contribution in [2.45, 2.75) is 12.0 Å². The number of carbonyl (C=O) groups is 2. The van der Waals surface area contributed by atoms with E-state index in [9.17, 15) is 14.7 Å². The van der Waals surface area contributed by atoms with Gasteiger partial charge in [0.05, 0.1) is 24.3 Å². The zero-order valence-corrected chi connectivity index (χ0v) is 11.5. The first-order valence-electron chi connectivity index (χ1n) is 6.56. The first-order chi connectivity index (χ1) is 10.1. The molecule has 1 atom stereocenters. The molecule has 1 aromatic heterocycles. The number of carbonyl (C=O) groups excluding carboxylic acids is 1. The van der Waals surface area contributed by atoms with Gasteiger partial charge in [0.15, 0.2) is 5.78 Å². The molecule has 1 unspecified atom stereocenters. The molecule has 0 amide bonds. The lowest BCUT2D eigenvalue weighted by molar-refractivity contribution is -0.152. The molecule has 0 bridgehead atoms. The summed E-state index contributed by atoms with van der Waals surface area (Å²) in [5.41, 5.74) is 0.620. The van der Waals surface area contributed by atoms with E-state index in [4.69, 9.17) is 9.47 Å². The Bertz CT molecular complexity index is 720. The Morgan fingerprint density at radius 2 is 2.24 bits per heavy atom. The molecule has 0 saturated heterocycles. The lowest BCUT2D eigenvalue weighted by Gasteiger charge is -2.34. The van der Waals surface area contributed by atoms with Gasteiger partial charge >= 0.3 is 5.97 Å². The third kappa shape index (κ3) is 2.12. The van der Waals surface area contributed by atoms with Crippen molar-refractivity contribution in [2.75, 3.05) is 20.3 Å². The van der Waals surface area contributed by atoms with Gasteiger partial charge in [0.1, 0.15) is 12.2 Å². The summed E-state index contributed by atoms with van der Waals surface area (Å²) in [6, 6.07) is 7.38. The van der Waals surface area contributed by atoms with Crippen LogP contribution in [-0.2, 0) is 19.9 Å². The number of Topliss-reactive ketones (excluding diaryl/α,β-unsaturated/α-hetero) is 1. The first-order valence-corrected chi connectivity index (χ1v) is 6.56. The topological polar surface area (TPSA) is 88.6 Å². The summed E-state index contributed by atoms with van der Waals surface area (Å²) in [4.78, 5) is 26.6. The summed E-state index contributed by atoms with van der Waals surface area (Å²) >= 11 is 0. The maximum Gasteiger partial charge on any atom is 0.306 e. The molecular weight excluding hydrogens is 274 g/mol. The fourth-order valence-electron chi connectivity index (χ4n) is 2.90. The van der Waals surface area contributed by atoms with Crippen molar-refractivity contribution in [3.05, 3.63) is 35.5 Å². The number of methoxy groups -OCH3 is 1. The van der Waals surface area contributed by atoms with Gasteiger partial charge in [-0.1, -0.05) is 18.2 Å². The summed E-state index contributed by atoms with van der Waals surface area (Å²) < 4.78 is 10.8. The number of carboxylic acids is 1. The van der Waals surface area contributed by atoms with Gasteiger partial charge in [0.2, 0.25) is 0 Å². The average molecular weight is 289 g/mol. The molecular formula is C15H15NO5. The second kappa shape index (κ2) is 4.98. The van der Waals surface area contributed by atoms with Crippen LogP contribution in [0, 0.1) is 0 Å². The van der Waals surface area contributed by atoms with Crippen molar-refractivity contribution < 1.29 is 24.2 Å². The standard InChI is InChI=1S/C15H15NO5/c1-20-8-15(6-12(18)19)14-13(11(17)7-21-15)9-4-2-3-5-10(9)16-14/h2-5,16H,6-8H2,1H3,(H,18,19). The highest BCUT2D eigenvalue weighted by molar-refractivity contribution is 6.11. The molecule has 2 aromatic rings. The monoisotopic (exact) mass is 289 g/mol. The molecule has 6 heteroatoms. The Morgan fingerprint density at radius 1 is 1.48 bits per heavy atom. The number of hydrogen-bond acceptors (Lipinski definition) is 4. The maximum atomic E-state index is 12.2. The van der Waals surface area contributed by atoms with E-state index < -0.39 is 11.6 Å². The number of aromatic amines is 1. The SMILES string of the molecule is COCC1(CC(=O)O)OCC(=O)c2c1[nH]c1ccccc21. The van der Waals surface area contributed by atoms with E-state index in [1.807, 2.05) is 24.3 Å².